The first-order valence-electron chi connectivity index (χ1n) is 5.39. The average Bonchev–Trinajstić information content (AvgIpc) is 2.70. The Morgan fingerprint density at radius 2 is 2.18 bits per heavy atom. The highest BCUT2D eigenvalue weighted by Gasteiger charge is 2.11. The van der Waals surface area contributed by atoms with Crippen LogP contribution in [0.1, 0.15) is 17.0 Å². The van der Waals surface area contributed by atoms with Gasteiger partial charge in [-0.3, -0.25) is 4.79 Å². The summed E-state index contributed by atoms with van der Waals surface area (Å²) in [6.45, 7) is 3.51. The van der Waals surface area contributed by atoms with Crippen molar-refractivity contribution in [2.24, 2.45) is 0 Å². The highest BCUT2D eigenvalue weighted by Crippen LogP contribution is 2.17. The van der Waals surface area contributed by atoms with Gasteiger partial charge in [-0.25, -0.2) is 4.98 Å². The second kappa shape index (κ2) is 4.55. The van der Waals surface area contributed by atoms with Crippen molar-refractivity contribution in [3.63, 3.8) is 0 Å². The van der Waals surface area contributed by atoms with Crippen LogP contribution in [0.2, 0.25) is 0 Å². The van der Waals surface area contributed by atoms with E-state index in [1.807, 2.05) is 13.0 Å². The Labute approximate surface area is 98.1 Å². The van der Waals surface area contributed by atoms with Crippen LogP contribution in [0, 0.1) is 13.8 Å². The number of aromatic amines is 1. The molecule has 0 aliphatic carbocycles. The largest absolute Gasteiger partial charge is 0.458 e. The van der Waals surface area contributed by atoms with Gasteiger partial charge in [-0.05, 0) is 26.0 Å². The number of aryl methyl sites for hydroxylation is 2. The lowest BCUT2D eigenvalue weighted by atomic mass is 10.2. The summed E-state index contributed by atoms with van der Waals surface area (Å²) in [5.74, 6) is 1.72. The van der Waals surface area contributed by atoms with Gasteiger partial charge in [0.2, 0.25) is 0 Å². The third kappa shape index (κ3) is 2.29. The number of aromatic nitrogens is 2. The van der Waals surface area contributed by atoms with Crippen LogP contribution in [0.5, 0.6) is 0 Å². The van der Waals surface area contributed by atoms with Gasteiger partial charge in [0.05, 0.1) is 0 Å². The number of H-pyrrole nitrogens is 1. The summed E-state index contributed by atoms with van der Waals surface area (Å²) < 4.78 is 5.40. The van der Waals surface area contributed by atoms with Crippen molar-refractivity contribution in [1.29, 1.82) is 0 Å². The molecule has 0 fully saturated rings. The van der Waals surface area contributed by atoms with Crippen LogP contribution in [-0.4, -0.2) is 21.7 Å². The third-order valence-electron chi connectivity index (χ3n) is 2.56. The van der Waals surface area contributed by atoms with E-state index in [0.29, 0.717) is 29.3 Å². The maximum Gasteiger partial charge on any atom is 0.254 e. The Hall–Kier alpha value is -1.88. The summed E-state index contributed by atoms with van der Waals surface area (Å²) >= 11 is 0. The first-order chi connectivity index (χ1) is 8.11. The van der Waals surface area contributed by atoms with E-state index in [0.717, 1.165) is 5.76 Å². The van der Waals surface area contributed by atoms with Gasteiger partial charge in [0.15, 0.2) is 11.6 Å². The van der Waals surface area contributed by atoms with E-state index in [4.69, 9.17) is 9.52 Å². The topological polar surface area (TPSA) is 79.1 Å². The van der Waals surface area contributed by atoms with Crippen LogP contribution < -0.4 is 5.56 Å². The molecule has 0 aliphatic heterocycles. The minimum absolute atomic E-state index is 0.0647. The lowest BCUT2D eigenvalue weighted by molar-refractivity contribution is 0.298. The molecule has 2 aromatic rings. The Balaban J connectivity index is 2.49. The summed E-state index contributed by atoms with van der Waals surface area (Å²) in [4.78, 5) is 18.7. The van der Waals surface area contributed by atoms with Crippen molar-refractivity contribution < 1.29 is 9.52 Å². The molecule has 5 nitrogen and oxygen atoms in total. The van der Waals surface area contributed by atoms with E-state index < -0.39 is 0 Å². The molecule has 0 atom stereocenters. The van der Waals surface area contributed by atoms with Crippen molar-refractivity contribution in [3.05, 3.63) is 39.5 Å². The molecule has 0 aromatic carbocycles. The maximum atomic E-state index is 11.8. The molecule has 2 rings (SSSR count). The van der Waals surface area contributed by atoms with E-state index >= 15 is 0 Å². The van der Waals surface area contributed by atoms with Crippen LogP contribution in [0.4, 0.5) is 0 Å². The minimum Gasteiger partial charge on any atom is -0.458 e. The summed E-state index contributed by atoms with van der Waals surface area (Å²) in [6.07, 6.45) is 0.311. The monoisotopic (exact) mass is 234 g/mol. The van der Waals surface area contributed by atoms with Crippen molar-refractivity contribution in [3.8, 4) is 11.6 Å². The van der Waals surface area contributed by atoms with Gasteiger partial charge in [-0.1, -0.05) is 0 Å². The van der Waals surface area contributed by atoms with Gasteiger partial charge in [0.1, 0.15) is 5.76 Å². The van der Waals surface area contributed by atoms with Gasteiger partial charge >= 0.3 is 0 Å². The number of aliphatic hydroxyl groups excluding tert-OH is 1. The van der Waals surface area contributed by atoms with Gasteiger partial charge < -0.3 is 14.5 Å². The predicted molar refractivity (Wildman–Crippen MR) is 62.8 cm³/mol. The van der Waals surface area contributed by atoms with Crippen LogP contribution >= 0.6 is 0 Å². The van der Waals surface area contributed by atoms with Crippen LogP contribution in [0.3, 0.4) is 0 Å². The molecule has 5 heteroatoms. The second-order valence-electron chi connectivity index (χ2n) is 3.86. The number of hydrogen-bond acceptors (Lipinski definition) is 4. The van der Waals surface area contributed by atoms with Gasteiger partial charge in [-0.15, -0.1) is 0 Å². The van der Waals surface area contributed by atoms with E-state index in [9.17, 15) is 4.79 Å². The molecule has 2 aromatic heterocycles. The molecule has 0 spiro atoms. The Morgan fingerprint density at radius 3 is 2.71 bits per heavy atom. The van der Waals surface area contributed by atoms with Crippen LogP contribution in [0.15, 0.2) is 21.3 Å². The van der Waals surface area contributed by atoms with Crippen molar-refractivity contribution in [2.75, 3.05) is 6.61 Å². The normalized spacial score (nSPS) is 10.8. The number of nitrogens with zero attached hydrogens (tertiary/aromatic N) is 1. The molecule has 90 valence electrons. The minimum atomic E-state index is -0.226. The summed E-state index contributed by atoms with van der Waals surface area (Å²) in [5.41, 5.74) is 0.905. The fourth-order valence-electron chi connectivity index (χ4n) is 1.70. The summed E-state index contributed by atoms with van der Waals surface area (Å²) in [7, 11) is 0. The van der Waals surface area contributed by atoms with Crippen molar-refractivity contribution >= 4 is 0 Å². The molecule has 0 saturated carbocycles. The van der Waals surface area contributed by atoms with E-state index in [1.54, 1.807) is 13.0 Å². The lowest BCUT2D eigenvalue weighted by Gasteiger charge is -2.04. The quantitative estimate of drug-likeness (QED) is 0.835. The van der Waals surface area contributed by atoms with E-state index in [1.165, 1.54) is 0 Å². The van der Waals surface area contributed by atoms with Gasteiger partial charge in [-0.2, -0.15) is 0 Å². The molecule has 0 radical (unpaired) electrons. The van der Waals surface area contributed by atoms with Crippen molar-refractivity contribution in [2.45, 2.75) is 20.3 Å². The van der Waals surface area contributed by atoms with Crippen molar-refractivity contribution in [1.82, 2.24) is 9.97 Å². The average molecular weight is 234 g/mol. The summed E-state index contributed by atoms with van der Waals surface area (Å²) in [6, 6.07) is 3.57. The molecule has 2 heterocycles. The molecular weight excluding hydrogens is 220 g/mol. The zero-order valence-corrected chi connectivity index (χ0v) is 9.78. The first kappa shape index (κ1) is 11.6. The molecule has 0 saturated heterocycles. The Kier molecular flexibility index (Phi) is 3.10. The Morgan fingerprint density at radius 1 is 1.41 bits per heavy atom. The zero-order chi connectivity index (χ0) is 12.4. The third-order valence-corrected chi connectivity index (χ3v) is 2.56. The molecule has 0 aliphatic rings. The molecule has 0 bridgehead atoms. The second-order valence-corrected chi connectivity index (χ2v) is 3.86. The SMILES string of the molecule is Cc1ccc(-c2nc(C)c(CCO)c(=O)[nH]2)o1. The van der Waals surface area contributed by atoms with Crippen LogP contribution in [-0.2, 0) is 6.42 Å². The molecule has 2 N–H and O–H groups in total. The number of furan rings is 1. The number of nitrogens with one attached hydrogen (secondary N) is 1. The van der Waals surface area contributed by atoms with Gasteiger partial charge in [0.25, 0.3) is 5.56 Å². The number of aliphatic hydroxyl groups is 1. The standard InChI is InChI=1S/C12H14N2O3/c1-7-3-4-10(17-7)11-13-8(2)9(5-6-15)12(16)14-11/h3-4,15H,5-6H2,1-2H3,(H,13,14,16). The zero-order valence-electron chi connectivity index (χ0n) is 9.78. The van der Waals surface area contributed by atoms with Crippen LogP contribution in [0.25, 0.3) is 11.6 Å². The smallest absolute Gasteiger partial charge is 0.254 e. The van der Waals surface area contributed by atoms with E-state index in [-0.39, 0.29) is 12.2 Å². The number of hydrogen-bond donors (Lipinski definition) is 2. The highest BCUT2D eigenvalue weighted by atomic mass is 16.3. The predicted octanol–water partition coefficient (Wildman–Crippen LogP) is 1.18. The van der Waals surface area contributed by atoms with Gasteiger partial charge in [0, 0.05) is 24.3 Å². The maximum absolute atomic E-state index is 11.8. The first-order valence-corrected chi connectivity index (χ1v) is 5.39. The van der Waals surface area contributed by atoms with E-state index in [2.05, 4.69) is 9.97 Å². The fraction of sp³-hybridized carbons (Fsp3) is 0.333. The molecule has 0 unspecified atom stereocenters. The summed E-state index contributed by atoms with van der Waals surface area (Å²) in [5, 5.41) is 8.86. The molecule has 0 amide bonds. The highest BCUT2D eigenvalue weighted by molar-refractivity contribution is 5.47. The lowest BCUT2D eigenvalue weighted by Crippen LogP contribution is -2.18. The fourth-order valence-corrected chi connectivity index (χ4v) is 1.70. The molecule has 17 heavy (non-hydrogen) atoms. The Bertz CT molecular complexity index is 584. The number of rotatable bonds is 3. The molecular formula is C12H14N2O3.